The summed E-state index contributed by atoms with van der Waals surface area (Å²) in [6.45, 7) is 13.2. The van der Waals surface area contributed by atoms with E-state index >= 15 is 0 Å². The third-order valence-electron chi connectivity index (χ3n) is 7.63. The highest BCUT2D eigenvalue weighted by molar-refractivity contribution is 6.00. The van der Waals surface area contributed by atoms with Crippen LogP contribution >= 0.6 is 0 Å². The van der Waals surface area contributed by atoms with E-state index in [0.29, 0.717) is 17.1 Å². The summed E-state index contributed by atoms with van der Waals surface area (Å²) in [6, 6.07) is 6.95. The first-order valence-corrected chi connectivity index (χ1v) is 12.5. The van der Waals surface area contributed by atoms with Crippen molar-refractivity contribution in [1.29, 1.82) is 0 Å². The quantitative estimate of drug-likeness (QED) is 0.493. The first-order valence-electron chi connectivity index (χ1n) is 12.5. The zero-order valence-corrected chi connectivity index (χ0v) is 21.1. The number of aromatic nitrogens is 3. The van der Waals surface area contributed by atoms with Gasteiger partial charge >= 0.3 is 0 Å². The van der Waals surface area contributed by atoms with Crippen LogP contribution in [0.5, 0.6) is 0 Å². The van der Waals surface area contributed by atoms with E-state index in [1.807, 2.05) is 39.1 Å². The first-order chi connectivity index (χ1) is 17.3. The molecule has 0 aliphatic carbocycles. The predicted molar refractivity (Wildman–Crippen MR) is 140 cm³/mol. The van der Waals surface area contributed by atoms with Gasteiger partial charge in [-0.1, -0.05) is 20.8 Å². The van der Waals surface area contributed by atoms with Gasteiger partial charge in [0.05, 0.1) is 18.1 Å². The van der Waals surface area contributed by atoms with E-state index < -0.39 is 17.0 Å². The van der Waals surface area contributed by atoms with Crippen LogP contribution in [-0.2, 0) is 5.41 Å². The lowest BCUT2D eigenvalue weighted by Gasteiger charge is -2.35. The summed E-state index contributed by atoms with van der Waals surface area (Å²) in [6.07, 6.45) is 3.67. The molecule has 1 fully saturated rings. The fraction of sp³-hybridized carbons (Fsp3) is 0.407. The maximum Gasteiger partial charge on any atom is 0.229 e. The van der Waals surface area contributed by atoms with E-state index in [1.54, 1.807) is 6.07 Å². The minimum absolute atomic E-state index is 0.0302. The summed E-state index contributed by atoms with van der Waals surface area (Å²) in [5.41, 5.74) is 2.98. The average Bonchev–Trinajstić information content (AvgIpc) is 3.16. The molecule has 1 atom stereocenters. The number of nitrogens with one attached hydrogen (secondary N) is 1. The van der Waals surface area contributed by atoms with E-state index in [9.17, 15) is 8.78 Å². The van der Waals surface area contributed by atoms with Crippen molar-refractivity contribution < 1.29 is 8.78 Å². The number of fused-ring (bicyclic) bond motifs is 1. The number of rotatable bonds is 6. The molecular weight excluding hydrogens is 460 g/mol. The number of hydrogen-bond donors (Lipinski definition) is 1. The van der Waals surface area contributed by atoms with Gasteiger partial charge in [0, 0.05) is 42.9 Å². The number of benzene rings is 1. The van der Waals surface area contributed by atoms with E-state index in [2.05, 4.69) is 42.0 Å². The van der Waals surface area contributed by atoms with Crippen molar-refractivity contribution in [2.45, 2.75) is 39.5 Å². The molecule has 2 aliphatic rings. The van der Waals surface area contributed by atoms with E-state index in [1.165, 1.54) is 6.07 Å². The lowest BCUT2D eigenvalue weighted by Crippen LogP contribution is -2.46. The Morgan fingerprint density at radius 3 is 2.44 bits per heavy atom. The van der Waals surface area contributed by atoms with Crippen LogP contribution in [0.25, 0.3) is 11.3 Å². The Hall–Kier alpha value is -3.46. The topological polar surface area (TPSA) is 69.5 Å². The van der Waals surface area contributed by atoms with Crippen LogP contribution in [0.2, 0.25) is 0 Å². The van der Waals surface area contributed by atoms with Gasteiger partial charge in [0.25, 0.3) is 0 Å². The average molecular weight is 492 g/mol. The van der Waals surface area contributed by atoms with Crippen molar-refractivity contribution in [3.63, 3.8) is 0 Å². The molecule has 7 nitrogen and oxygen atoms in total. The molecule has 2 aromatic heterocycles. The second kappa shape index (κ2) is 9.54. The molecule has 4 heterocycles. The summed E-state index contributed by atoms with van der Waals surface area (Å²) >= 11 is 0. The number of likely N-dealkylation sites (N-methyl/N-ethyl adjacent to an activating group) is 1. The molecule has 1 unspecified atom stereocenters. The van der Waals surface area contributed by atoms with Gasteiger partial charge in [0.1, 0.15) is 23.0 Å². The molecule has 5 rings (SSSR count). The van der Waals surface area contributed by atoms with Crippen LogP contribution in [-0.4, -0.2) is 58.3 Å². The van der Waals surface area contributed by atoms with Crippen LogP contribution in [0.4, 0.5) is 31.9 Å². The smallest absolute Gasteiger partial charge is 0.229 e. The molecule has 0 spiro atoms. The maximum atomic E-state index is 15.0. The predicted octanol–water partition coefficient (Wildman–Crippen LogP) is 5.48. The lowest BCUT2D eigenvalue weighted by atomic mass is 9.77. The summed E-state index contributed by atoms with van der Waals surface area (Å²) in [7, 11) is 0. The maximum absolute atomic E-state index is 15.0. The van der Waals surface area contributed by atoms with Gasteiger partial charge in [0.15, 0.2) is 5.82 Å². The molecule has 0 saturated carbocycles. The molecular formula is C27H31F2N7. The highest BCUT2D eigenvalue weighted by Crippen LogP contribution is 2.45. The van der Waals surface area contributed by atoms with Gasteiger partial charge < -0.3 is 15.1 Å². The number of hydrogen-bond acceptors (Lipinski definition) is 7. The SMILES string of the molecule is CCN1CCN(c2ccc(Nc3ncc(F)c(-c4cc(F)c5c(c4)C(C)(CC)C(C)=N5)n3)nc2)CC1. The Balaban J connectivity index is 1.38. The highest BCUT2D eigenvalue weighted by Gasteiger charge is 2.37. The summed E-state index contributed by atoms with van der Waals surface area (Å²) < 4.78 is 29.8. The van der Waals surface area contributed by atoms with Crippen molar-refractivity contribution in [2.24, 2.45) is 4.99 Å². The molecule has 0 radical (unpaired) electrons. The number of aliphatic imine (C=N–C) groups is 1. The van der Waals surface area contributed by atoms with Crippen LogP contribution in [0.1, 0.15) is 39.7 Å². The second-order valence-electron chi connectivity index (χ2n) is 9.58. The third-order valence-corrected chi connectivity index (χ3v) is 7.63. The second-order valence-corrected chi connectivity index (χ2v) is 9.58. The van der Waals surface area contributed by atoms with Crippen LogP contribution < -0.4 is 10.2 Å². The molecule has 0 amide bonds. The van der Waals surface area contributed by atoms with Crippen LogP contribution in [0.15, 0.2) is 41.7 Å². The van der Waals surface area contributed by atoms with Gasteiger partial charge in [-0.05, 0) is 49.7 Å². The molecule has 1 aromatic carbocycles. The number of nitrogens with zero attached hydrogens (tertiary/aromatic N) is 6. The summed E-state index contributed by atoms with van der Waals surface area (Å²) in [5.74, 6) is -0.368. The molecule has 36 heavy (non-hydrogen) atoms. The third kappa shape index (κ3) is 4.32. The van der Waals surface area contributed by atoms with Crippen LogP contribution in [0, 0.1) is 11.6 Å². The normalized spacial score (nSPS) is 19.8. The van der Waals surface area contributed by atoms with E-state index in [4.69, 9.17) is 0 Å². The Kier molecular flexibility index (Phi) is 6.42. The van der Waals surface area contributed by atoms with Gasteiger partial charge in [-0.15, -0.1) is 0 Å². The minimum Gasteiger partial charge on any atom is -0.368 e. The van der Waals surface area contributed by atoms with Gasteiger partial charge in [-0.2, -0.15) is 0 Å². The Labute approximate surface area is 210 Å². The molecule has 1 saturated heterocycles. The van der Waals surface area contributed by atoms with Crippen LogP contribution in [0.3, 0.4) is 0 Å². The lowest BCUT2D eigenvalue weighted by molar-refractivity contribution is 0.271. The van der Waals surface area contributed by atoms with Crippen molar-refractivity contribution in [1.82, 2.24) is 19.9 Å². The van der Waals surface area contributed by atoms with Gasteiger partial charge in [-0.25, -0.2) is 23.7 Å². The molecule has 0 bridgehead atoms. The summed E-state index contributed by atoms with van der Waals surface area (Å²) in [5, 5.41) is 3.05. The monoisotopic (exact) mass is 491 g/mol. The molecule has 1 N–H and O–H groups in total. The number of anilines is 3. The fourth-order valence-corrected chi connectivity index (χ4v) is 4.92. The highest BCUT2D eigenvalue weighted by atomic mass is 19.1. The molecule has 3 aromatic rings. The Morgan fingerprint density at radius 1 is 1.00 bits per heavy atom. The van der Waals surface area contributed by atoms with Crippen molar-refractivity contribution in [3.8, 4) is 11.3 Å². The standard InChI is InChI=1S/C27H31F2N7/c1-5-27(4)17(3)32-25-20(27)13-18(14-21(25)28)24-22(29)16-31-26(34-24)33-23-8-7-19(15-30-23)36-11-9-35(6-2)10-12-36/h7-8,13-16H,5-6,9-12H2,1-4H3,(H,30,31,33,34). The minimum atomic E-state index is -0.622. The first kappa shape index (κ1) is 24.2. The number of halogens is 2. The van der Waals surface area contributed by atoms with E-state index in [-0.39, 0.29) is 11.6 Å². The molecule has 188 valence electrons. The molecule has 9 heteroatoms. The van der Waals surface area contributed by atoms with E-state index in [0.717, 1.165) is 62.3 Å². The van der Waals surface area contributed by atoms with Gasteiger partial charge in [0.2, 0.25) is 5.95 Å². The van der Waals surface area contributed by atoms with Crippen molar-refractivity contribution in [3.05, 3.63) is 53.9 Å². The Bertz CT molecular complexity index is 1300. The number of piperazine rings is 1. The van der Waals surface area contributed by atoms with Crippen molar-refractivity contribution in [2.75, 3.05) is 42.9 Å². The fourth-order valence-electron chi connectivity index (χ4n) is 4.92. The number of pyridine rings is 1. The molecule has 2 aliphatic heterocycles. The van der Waals surface area contributed by atoms with Gasteiger partial charge in [-0.3, -0.25) is 4.99 Å². The van der Waals surface area contributed by atoms with Crippen molar-refractivity contribution >= 4 is 28.9 Å². The Morgan fingerprint density at radius 2 is 1.78 bits per heavy atom. The zero-order chi connectivity index (χ0) is 25.4. The largest absolute Gasteiger partial charge is 0.368 e. The zero-order valence-electron chi connectivity index (χ0n) is 21.1. The summed E-state index contributed by atoms with van der Waals surface area (Å²) in [4.78, 5) is 22.1.